The molecule has 21 heavy (non-hydrogen) atoms. The van der Waals surface area contributed by atoms with Crippen molar-refractivity contribution in [2.24, 2.45) is 0 Å². The summed E-state index contributed by atoms with van der Waals surface area (Å²) in [4.78, 5) is 0.230. The largest absolute Gasteiger partial charge is 0.381 e. The first-order chi connectivity index (χ1) is 9.73. The zero-order chi connectivity index (χ0) is 16.0. The van der Waals surface area contributed by atoms with Crippen molar-refractivity contribution in [1.29, 1.82) is 0 Å². The van der Waals surface area contributed by atoms with Crippen LogP contribution in [0.25, 0.3) is 0 Å². The summed E-state index contributed by atoms with van der Waals surface area (Å²) in [6, 6.07) is 6.68. The number of aliphatic hydroxyl groups is 1. The van der Waals surface area contributed by atoms with Gasteiger partial charge in [-0.1, -0.05) is 41.7 Å². The normalized spacial score (nSPS) is 12.6. The maximum absolute atomic E-state index is 12.6. The number of nitrogens with zero attached hydrogens (tertiary/aromatic N) is 1. The highest BCUT2D eigenvalue weighted by Crippen LogP contribution is 2.17. The summed E-state index contributed by atoms with van der Waals surface area (Å²) in [6.07, 6.45) is -0.779. The van der Waals surface area contributed by atoms with Crippen LogP contribution in [0.5, 0.6) is 0 Å². The SMILES string of the molecule is C=C(C)CN(CC#CC(C)O)S(=O)(=O)c1ccc(C)cc1. The molecule has 0 aliphatic carbocycles. The average Bonchev–Trinajstić information content (AvgIpc) is 2.37. The van der Waals surface area contributed by atoms with E-state index in [2.05, 4.69) is 18.4 Å². The van der Waals surface area contributed by atoms with Crippen molar-refractivity contribution in [3.05, 3.63) is 42.0 Å². The lowest BCUT2D eigenvalue weighted by Crippen LogP contribution is -2.33. The van der Waals surface area contributed by atoms with E-state index in [0.717, 1.165) is 11.1 Å². The summed E-state index contributed by atoms with van der Waals surface area (Å²) in [5.74, 6) is 5.23. The Morgan fingerprint density at radius 3 is 2.43 bits per heavy atom. The Hall–Kier alpha value is -1.61. The van der Waals surface area contributed by atoms with Crippen LogP contribution in [0, 0.1) is 18.8 Å². The second kappa shape index (κ2) is 7.41. The highest BCUT2D eigenvalue weighted by molar-refractivity contribution is 7.89. The van der Waals surface area contributed by atoms with Crippen LogP contribution in [0.15, 0.2) is 41.3 Å². The van der Waals surface area contributed by atoms with Gasteiger partial charge in [0.25, 0.3) is 0 Å². The molecular weight excluding hydrogens is 286 g/mol. The van der Waals surface area contributed by atoms with E-state index in [9.17, 15) is 8.42 Å². The lowest BCUT2D eigenvalue weighted by atomic mass is 10.2. The van der Waals surface area contributed by atoms with E-state index < -0.39 is 16.1 Å². The number of sulfonamides is 1. The molecule has 0 fully saturated rings. The molecule has 1 aromatic rings. The number of rotatable bonds is 5. The van der Waals surface area contributed by atoms with E-state index in [1.807, 2.05) is 6.92 Å². The van der Waals surface area contributed by atoms with Gasteiger partial charge >= 0.3 is 0 Å². The standard InChI is InChI=1S/C16H21NO3S/c1-13(2)12-17(11-5-6-15(4)18)21(19,20)16-9-7-14(3)8-10-16/h7-10,15,18H,1,11-12H2,2-4H3. The third-order valence-corrected chi connectivity index (χ3v) is 4.48. The molecule has 0 radical (unpaired) electrons. The van der Waals surface area contributed by atoms with Crippen molar-refractivity contribution < 1.29 is 13.5 Å². The minimum atomic E-state index is -3.62. The average molecular weight is 307 g/mol. The fourth-order valence-electron chi connectivity index (χ4n) is 1.67. The molecule has 4 nitrogen and oxygen atoms in total. The maximum Gasteiger partial charge on any atom is 0.244 e. The smallest absolute Gasteiger partial charge is 0.244 e. The fourth-order valence-corrected chi connectivity index (χ4v) is 3.07. The van der Waals surface area contributed by atoms with Gasteiger partial charge in [0.1, 0.15) is 6.10 Å². The highest BCUT2D eigenvalue weighted by Gasteiger charge is 2.23. The van der Waals surface area contributed by atoms with E-state index in [4.69, 9.17) is 5.11 Å². The third kappa shape index (κ3) is 5.35. The predicted octanol–water partition coefficient (Wildman–Crippen LogP) is 1.95. The first-order valence-corrected chi connectivity index (χ1v) is 8.05. The number of aryl methyl sites for hydroxylation is 1. The summed E-state index contributed by atoms with van der Waals surface area (Å²) in [7, 11) is -3.62. The van der Waals surface area contributed by atoms with Crippen molar-refractivity contribution in [2.45, 2.75) is 31.8 Å². The molecule has 1 atom stereocenters. The number of aliphatic hydroxyl groups excluding tert-OH is 1. The zero-order valence-corrected chi connectivity index (χ0v) is 13.4. The van der Waals surface area contributed by atoms with Gasteiger partial charge in [-0.15, -0.1) is 0 Å². The summed E-state index contributed by atoms with van der Waals surface area (Å²) in [5.41, 5.74) is 1.72. The van der Waals surface area contributed by atoms with Crippen LogP contribution in [0.2, 0.25) is 0 Å². The van der Waals surface area contributed by atoms with Gasteiger partial charge < -0.3 is 5.11 Å². The van der Waals surface area contributed by atoms with Gasteiger partial charge in [0, 0.05) is 6.54 Å². The fraction of sp³-hybridized carbons (Fsp3) is 0.375. The molecule has 0 amide bonds. The van der Waals surface area contributed by atoms with E-state index in [0.29, 0.717) is 0 Å². The quantitative estimate of drug-likeness (QED) is 0.668. The molecule has 1 N–H and O–H groups in total. The molecule has 1 rings (SSSR count). The zero-order valence-electron chi connectivity index (χ0n) is 12.6. The summed E-state index contributed by atoms with van der Waals surface area (Å²) >= 11 is 0. The van der Waals surface area contributed by atoms with Crippen LogP contribution in [-0.4, -0.2) is 37.0 Å². The Kier molecular flexibility index (Phi) is 6.16. The Morgan fingerprint density at radius 2 is 1.95 bits per heavy atom. The summed E-state index contributed by atoms with van der Waals surface area (Å²) in [5, 5.41) is 9.14. The van der Waals surface area contributed by atoms with Crippen molar-refractivity contribution >= 4 is 10.0 Å². The first-order valence-electron chi connectivity index (χ1n) is 6.61. The number of hydrogen-bond donors (Lipinski definition) is 1. The summed E-state index contributed by atoms with van der Waals surface area (Å²) < 4.78 is 26.5. The molecule has 0 saturated carbocycles. The molecule has 0 aromatic heterocycles. The topological polar surface area (TPSA) is 57.6 Å². The van der Waals surface area contributed by atoms with Crippen molar-refractivity contribution in [3.63, 3.8) is 0 Å². The van der Waals surface area contributed by atoms with Gasteiger partial charge in [-0.2, -0.15) is 4.31 Å². The molecule has 0 saturated heterocycles. The minimum Gasteiger partial charge on any atom is -0.381 e. The van der Waals surface area contributed by atoms with Crippen LogP contribution in [0.1, 0.15) is 19.4 Å². The van der Waals surface area contributed by atoms with Crippen LogP contribution in [0.4, 0.5) is 0 Å². The molecule has 0 spiro atoms. The molecular formula is C16H21NO3S. The molecule has 0 bridgehead atoms. The van der Waals surface area contributed by atoms with E-state index in [1.165, 1.54) is 11.2 Å². The second-order valence-corrected chi connectivity index (χ2v) is 6.98. The number of hydrogen-bond acceptors (Lipinski definition) is 3. The third-order valence-electron chi connectivity index (χ3n) is 2.67. The molecule has 1 unspecified atom stereocenters. The maximum atomic E-state index is 12.6. The lowest BCUT2D eigenvalue weighted by Gasteiger charge is -2.20. The van der Waals surface area contributed by atoms with Crippen molar-refractivity contribution in [1.82, 2.24) is 4.31 Å². The lowest BCUT2D eigenvalue weighted by molar-refractivity contribution is 0.253. The molecule has 0 aliphatic heterocycles. The minimum absolute atomic E-state index is 0.0218. The van der Waals surface area contributed by atoms with Crippen LogP contribution < -0.4 is 0 Å². The Bertz CT molecular complexity index is 649. The van der Waals surface area contributed by atoms with Gasteiger partial charge in [-0.05, 0) is 32.9 Å². The molecule has 0 aliphatic rings. The monoisotopic (exact) mass is 307 g/mol. The van der Waals surface area contributed by atoms with Crippen LogP contribution >= 0.6 is 0 Å². The number of benzene rings is 1. The van der Waals surface area contributed by atoms with Gasteiger partial charge in [0.05, 0.1) is 11.4 Å². The van der Waals surface area contributed by atoms with Gasteiger partial charge in [-0.3, -0.25) is 0 Å². The summed E-state index contributed by atoms with van der Waals surface area (Å²) in [6.45, 7) is 9.17. The van der Waals surface area contributed by atoms with Gasteiger partial charge in [-0.25, -0.2) is 8.42 Å². The van der Waals surface area contributed by atoms with Gasteiger partial charge in [0.15, 0.2) is 0 Å². The molecule has 5 heteroatoms. The van der Waals surface area contributed by atoms with Crippen molar-refractivity contribution in [2.75, 3.05) is 13.1 Å². The van der Waals surface area contributed by atoms with E-state index in [1.54, 1.807) is 31.2 Å². The van der Waals surface area contributed by atoms with Crippen LogP contribution in [0.3, 0.4) is 0 Å². The first kappa shape index (κ1) is 17.4. The highest BCUT2D eigenvalue weighted by atomic mass is 32.2. The Morgan fingerprint density at radius 1 is 1.38 bits per heavy atom. The Labute approximate surface area is 127 Å². The van der Waals surface area contributed by atoms with Gasteiger partial charge in [0.2, 0.25) is 10.0 Å². The molecule has 1 aromatic carbocycles. The van der Waals surface area contributed by atoms with E-state index >= 15 is 0 Å². The van der Waals surface area contributed by atoms with Crippen LogP contribution in [-0.2, 0) is 10.0 Å². The Balaban J connectivity index is 3.09. The molecule has 0 heterocycles. The van der Waals surface area contributed by atoms with Crippen molar-refractivity contribution in [3.8, 4) is 11.8 Å². The van der Waals surface area contributed by atoms with E-state index in [-0.39, 0.29) is 18.0 Å². The molecule has 114 valence electrons. The predicted molar refractivity (Wildman–Crippen MR) is 84.2 cm³/mol. The second-order valence-electron chi connectivity index (χ2n) is 5.04.